The molecule has 0 aliphatic rings. The largest absolute Gasteiger partial charge is 0.433 e. The molecule has 0 fully saturated rings. The molecule has 0 aliphatic carbocycles. The topological polar surface area (TPSA) is 9.23 Å². The van der Waals surface area contributed by atoms with Crippen LogP contribution in [0.1, 0.15) is 6.92 Å². The van der Waals surface area contributed by atoms with Crippen molar-refractivity contribution in [2.75, 3.05) is 0 Å². The van der Waals surface area contributed by atoms with E-state index in [9.17, 15) is 8.78 Å². The van der Waals surface area contributed by atoms with Gasteiger partial charge in [0.2, 0.25) is 0 Å². The molecule has 0 aliphatic heterocycles. The highest BCUT2D eigenvalue weighted by molar-refractivity contribution is 5.20. The predicted molar refractivity (Wildman–Crippen MR) is 36.5 cm³/mol. The highest BCUT2D eigenvalue weighted by Gasteiger charge is 2.22. The van der Waals surface area contributed by atoms with Crippen LogP contribution >= 0.6 is 0 Å². The minimum atomic E-state index is -3.11. The van der Waals surface area contributed by atoms with Gasteiger partial charge in [-0.15, -0.1) is 0 Å². The molecule has 1 aromatic rings. The molecule has 0 aromatic heterocycles. The zero-order chi connectivity index (χ0) is 8.32. The zero-order valence-corrected chi connectivity index (χ0v) is 5.97. The van der Waals surface area contributed by atoms with Gasteiger partial charge in [0.15, 0.2) is 0 Å². The summed E-state index contributed by atoms with van der Waals surface area (Å²) in [6.07, 6.45) is -3.11. The van der Waals surface area contributed by atoms with E-state index in [1.54, 1.807) is 0 Å². The van der Waals surface area contributed by atoms with Gasteiger partial charge in [-0.25, -0.2) is 0 Å². The molecule has 0 heterocycles. The van der Waals surface area contributed by atoms with Crippen LogP contribution in [0.15, 0.2) is 24.3 Å². The second-order valence-corrected chi connectivity index (χ2v) is 2.15. The van der Waals surface area contributed by atoms with E-state index in [4.69, 9.17) is 0 Å². The Morgan fingerprint density at radius 2 is 1.91 bits per heavy atom. The molecule has 1 aromatic carbocycles. The molecule has 0 atom stereocenters. The van der Waals surface area contributed by atoms with Gasteiger partial charge in [-0.2, -0.15) is 8.78 Å². The first-order chi connectivity index (χ1) is 5.08. The van der Waals surface area contributed by atoms with Crippen molar-refractivity contribution in [3.63, 3.8) is 0 Å². The Balaban J connectivity index is 2.66. The van der Waals surface area contributed by atoms with E-state index in [2.05, 4.69) is 10.8 Å². The van der Waals surface area contributed by atoms with Gasteiger partial charge < -0.3 is 4.74 Å². The number of ether oxygens (including phenoxy) is 1. The first kappa shape index (κ1) is 7.98. The summed E-state index contributed by atoms with van der Waals surface area (Å²) < 4.78 is 28.6. The molecule has 1 rings (SSSR count). The Labute approximate surface area is 63.6 Å². The molecule has 1 nitrogen and oxygen atoms in total. The summed E-state index contributed by atoms with van der Waals surface area (Å²) in [7, 11) is 0. The van der Waals surface area contributed by atoms with Gasteiger partial charge in [0, 0.05) is 6.92 Å². The molecule has 1 radical (unpaired) electrons. The molecule has 0 unspecified atom stereocenters. The number of hydrogen-bond donors (Lipinski definition) is 0. The van der Waals surface area contributed by atoms with Gasteiger partial charge in [0.1, 0.15) is 5.75 Å². The lowest BCUT2D eigenvalue weighted by molar-refractivity contribution is -0.158. The quantitative estimate of drug-likeness (QED) is 0.640. The fourth-order valence-corrected chi connectivity index (χ4v) is 0.647. The Hall–Kier alpha value is -1.12. The summed E-state index contributed by atoms with van der Waals surface area (Å²) >= 11 is 0. The number of rotatable bonds is 2. The summed E-state index contributed by atoms with van der Waals surface area (Å²) in [5.74, 6) is 0.149. The third kappa shape index (κ3) is 2.98. The first-order valence-electron chi connectivity index (χ1n) is 3.11. The van der Waals surface area contributed by atoms with E-state index < -0.39 is 6.11 Å². The van der Waals surface area contributed by atoms with Crippen LogP contribution in [0.25, 0.3) is 0 Å². The van der Waals surface area contributed by atoms with Crippen molar-refractivity contribution in [2.45, 2.75) is 13.0 Å². The normalized spacial score (nSPS) is 11.2. The maximum Gasteiger partial charge on any atom is 0.394 e. The van der Waals surface area contributed by atoms with Crippen LogP contribution in [0.4, 0.5) is 8.78 Å². The van der Waals surface area contributed by atoms with Crippen LogP contribution in [0.2, 0.25) is 0 Å². The van der Waals surface area contributed by atoms with E-state index in [1.807, 2.05) is 0 Å². The summed E-state index contributed by atoms with van der Waals surface area (Å²) in [5.41, 5.74) is 0. The number of halogens is 2. The van der Waals surface area contributed by atoms with Crippen molar-refractivity contribution < 1.29 is 13.5 Å². The molecule has 0 bridgehead atoms. The van der Waals surface area contributed by atoms with Crippen LogP contribution in [-0.4, -0.2) is 6.11 Å². The molecule has 0 saturated heterocycles. The minimum Gasteiger partial charge on any atom is -0.433 e. The Morgan fingerprint density at radius 1 is 1.36 bits per heavy atom. The Bertz CT molecular complexity index is 215. The standard InChI is InChI=1S/C8H7F2O/c1-8(9,10)11-7-5-3-2-4-6-7/h3-6H,1H3. The predicted octanol–water partition coefficient (Wildman–Crippen LogP) is 2.48. The molecule has 59 valence electrons. The second kappa shape index (κ2) is 2.86. The van der Waals surface area contributed by atoms with E-state index in [-0.39, 0.29) is 5.75 Å². The Morgan fingerprint density at radius 3 is 2.36 bits per heavy atom. The van der Waals surface area contributed by atoms with E-state index in [0.717, 1.165) is 0 Å². The van der Waals surface area contributed by atoms with Gasteiger partial charge in [-0.3, -0.25) is 0 Å². The Kier molecular flexibility index (Phi) is 2.08. The maximum atomic E-state index is 12.2. The maximum absolute atomic E-state index is 12.2. The van der Waals surface area contributed by atoms with E-state index in [1.165, 1.54) is 24.3 Å². The third-order valence-corrected chi connectivity index (χ3v) is 0.985. The molecule has 0 N–H and O–H groups in total. The molecule has 11 heavy (non-hydrogen) atoms. The van der Waals surface area contributed by atoms with Crippen molar-refractivity contribution in [2.24, 2.45) is 0 Å². The summed E-state index contributed by atoms with van der Waals surface area (Å²) in [6, 6.07) is 8.58. The number of hydrogen-bond acceptors (Lipinski definition) is 1. The van der Waals surface area contributed by atoms with Gasteiger partial charge >= 0.3 is 6.11 Å². The van der Waals surface area contributed by atoms with Crippen LogP contribution in [0.5, 0.6) is 5.75 Å². The minimum absolute atomic E-state index is 0.149. The SMILES string of the molecule is CC(F)(F)Oc1cc[c]cc1. The zero-order valence-electron chi connectivity index (χ0n) is 5.97. The monoisotopic (exact) mass is 157 g/mol. The molecule has 3 heteroatoms. The van der Waals surface area contributed by atoms with Crippen molar-refractivity contribution in [1.29, 1.82) is 0 Å². The van der Waals surface area contributed by atoms with Crippen LogP contribution in [-0.2, 0) is 0 Å². The van der Waals surface area contributed by atoms with E-state index >= 15 is 0 Å². The summed E-state index contributed by atoms with van der Waals surface area (Å²) in [6.45, 7) is 0.698. The number of alkyl halides is 2. The highest BCUT2D eigenvalue weighted by Crippen LogP contribution is 2.19. The van der Waals surface area contributed by atoms with Crippen molar-refractivity contribution >= 4 is 0 Å². The van der Waals surface area contributed by atoms with Crippen LogP contribution in [0, 0.1) is 6.07 Å². The first-order valence-corrected chi connectivity index (χ1v) is 3.11. The average Bonchev–Trinajstić information content (AvgIpc) is 1.85. The smallest absolute Gasteiger partial charge is 0.394 e. The van der Waals surface area contributed by atoms with Gasteiger partial charge in [-0.1, -0.05) is 12.1 Å². The summed E-state index contributed by atoms with van der Waals surface area (Å²) in [5, 5.41) is 0. The van der Waals surface area contributed by atoms with E-state index in [0.29, 0.717) is 6.92 Å². The number of benzene rings is 1. The molecular formula is C8H7F2O. The fourth-order valence-electron chi connectivity index (χ4n) is 0.647. The highest BCUT2D eigenvalue weighted by atomic mass is 19.3. The van der Waals surface area contributed by atoms with Crippen molar-refractivity contribution in [3.8, 4) is 5.75 Å². The van der Waals surface area contributed by atoms with Crippen LogP contribution in [0.3, 0.4) is 0 Å². The molecule has 0 spiro atoms. The van der Waals surface area contributed by atoms with Gasteiger partial charge in [-0.05, 0) is 18.2 Å². The van der Waals surface area contributed by atoms with Crippen molar-refractivity contribution in [1.82, 2.24) is 0 Å². The van der Waals surface area contributed by atoms with Crippen LogP contribution < -0.4 is 4.74 Å². The molecular weight excluding hydrogens is 150 g/mol. The van der Waals surface area contributed by atoms with Crippen molar-refractivity contribution in [3.05, 3.63) is 30.3 Å². The lowest BCUT2D eigenvalue weighted by atomic mass is 10.3. The average molecular weight is 157 g/mol. The van der Waals surface area contributed by atoms with Gasteiger partial charge in [0.05, 0.1) is 0 Å². The third-order valence-electron chi connectivity index (χ3n) is 0.985. The lowest BCUT2D eigenvalue weighted by Gasteiger charge is -2.11. The fraction of sp³-hybridized carbons (Fsp3) is 0.250. The molecule has 0 saturated carbocycles. The molecule has 0 amide bonds. The lowest BCUT2D eigenvalue weighted by Crippen LogP contribution is -2.18. The second-order valence-electron chi connectivity index (χ2n) is 2.15. The summed E-state index contributed by atoms with van der Waals surface area (Å²) in [4.78, 5) is 0. The van der Waals surface area contributed by atoms with Gasteiger partial charge in [0.25, 0.3) is 0 Å².